The lowest BCUT2D eigenvalue weighted by molar-refractivity contribution is -0.117. The molecule has 7 heteroatoms. The average Bonchev–Trinajstić information content (AvgIpc) is 3.31. The molecule has 1 aromatic heterocycles. The minimum Gasteiger partial charge on any atom is -0.274 e. The summed E-state index contributed by atoms with van der Waals surface area (Å²) in [6.45, 7) is 6.12. The number of amidine groups is 1. The highest BCUT2D eigenvalue weighted by atomic mass is 35.5. The fourth-order valence-electron chi connectivity index (χ4n) is 3.73. The van der Waals surface area contributed by atoms with Gasteiger partial charge in [0.05, 0.1) is 23.1 Å². The molecule has 0 saturated heterocycles. The zero-order valence-electron chi connectivity index (χ0n) is 17.9. The Morgan fingerprint density at radius 1 is 1.16 bits per heavy atom. The Morgan fingerprint density at radius 2 is 1.87 bits per heavy atom. The molecule has 0 N–H and O–H groups in total. The van der Waals surface area contributed by atoms with Crippen LogP contribution in [0.2, 0.25) is 5.02 Å². The van der Waals surface area contributed by atoms with Gasteiger partial charge in [-0.1, -0.05) is 41.6 Å². The van der Waals surface area contributed by atoms with Crippen molar-refractivity contribution in [2.24, 2.45) is 4.99 Å². The zero-order chi connectivity index (χ0) is 22.0. The molecule has 0 saturated carbocycles. The molecule has 0 spiro atoms. The van der Waals surface area contributed by atoms with Crippen LogP contribution < -0.4 is 4.90 Å². The van der Waals surface area contributed by atoms with Crippen LogP contribution >= 0.6 is 23.4 Å². The lowest BCUT2D eigenvalue weighted by Crippen LogP contribution is -2.34. The van der Waals surface area contributed by atoms with Gasteiger partial charge in [0.15, 0.2) is 5.17 Å². The van der Waals surface area contributed by atoms with Crippen molar-refractivity contribution in [3.63, 3.8) is 0 Å². The number of para-hydroxylation sites is 1. The second kappa shape index (κ2) is 9.28. The van der Waals surface area contributed by atoms with Gasteiger partial charge in [-0.15, -0.1) is 0 Å². The first-order valence-electron chi connectivity index (χ1n) is 10.3. The first kappa shape index (κ1) is 21.7. The van der Waals surface area contributed by atoms with E-state index in [0.717, 1.165) is 39.2 Å². The SMILES string of the molecule is Cc1nn(-c2ccccc2)c(C)c1CCC(=O)N(C1=N[C@H](C)CS1)c1ccc(Cl)cc1. The maximum Gasteiger partial charge on any atom is 0.233 e. The smallest absolute Gasteiger partial charge is 0.233 e. The Kier molecular flexibility index (Phi) is 6.49. The van der Waals surface area contributed by atoms with Crippen molar-refractivity contribution < 1.29 is 4.79 Å². The fraction of sp³-hybridized carbons (Fsp3) is 0.292. The summed E-state index contributed by atoms with van der Waals surface area (Å²) in [5, 5.41) is 6.11. The number of hydrogen-bond acceptors (Lipinski definition) is 4. The van der Waals surface area contributed by atoms with Crippen molar-refractivity contribution >= 4 is 40.1 Å². The molecule has 3 aromatic rings. The van der Waals surface area contributed by atoms with Crippen LogP contribution in [0, 0.1) is 13.8 Å². The Labute approximate surface area is 192 Å². The molecule has 2 aromatic carbocycles. The van der Waals surface area contributed by atoms with Crippen molar-refractivity contribution in [1.29, 1.82) is 0 Å². The molecule has 0 fully saturated rings. The summed E-state index contributed by atoms with van der Waals surface area (Å²) in [4.78, 5) is 19.8. The highest BCUT2D eigenvalue weighted by Crippen LogP contribution is 2.28. The van der Waals surface area contributed by atoms with Gasteiger partial charge < -0.3 is 0 Å². The molecule has 0 unspecified atom stereocenters. The predicted molar refractivity (Wildman–Crippen MR) is 130 cm³/mol. The molecule has 160 valence electrons. The summed E-state index contributed by atoms with van der Waals surface area (Å²) >= 11 is 7.68. The first-order valence-corrected chi connectivity index (χ1v) is 11.7. The minimum atomic E-state index is 0.0222. The van der Waals surface area contributed by atoms with Crippen molar-refractivity contribution in [2.75, 3.05) is 10.7 Å². The quantitative estimate of drug-likeness (QED) is 0.506. The van der Waals surface area contributed by atoms with Crippen molar-refractivity contribution in [3.8, 4) is 5.69 Å². The van der Waals surface area contributed by atoms with E-state index in [0.29, 0.717) is 17.9 Å². The summed E-state index contributed by atoms with van der Waals surface area (Å²) in [7, 11) is 0. The fourth-order valence-corrected chi connectivity index (χ4v) is 4.91. The Bertz CT molecular complexity index is 1110. The summed E-state index contributed by atoms with van der Waals surface area (Å²) < 4.78 is 1.95. The van der Waals surface area contributed by atoms with Crippen molar-refractivity contribution in [1.82, 2.24) is 9.78 Å². The highest BCUT2D eigenvalue weighted by molar-refractivity contribution is 8.14. The molecule has 4 rings (SSSR count). The average molecular weight is 453 g/mol. The number of nitrogens with zero attached hydrogens (tertiary/aromatic N) is 4. The number of aliphatic imine (C=N–C) groups is 1. The number of carbonyl (C=O) groups is 1. The number of thioether (sulfide) groups is 1. The molecular weight excluding hydrogens is 428 g/mol. The van der Waals surface area contributed by atoms with Crippen LogP contribution in [0.3, 0.4) is 0 Å². The molecule has 0 bridgehead atoms. The molecule has 2 heterocycles. The highest BCUT2D eigenvalue weighted by Gasteiger charge is 2.27. The largest absolute Gasteiger partial charge is 0.274 e. The number of hydrogen-bond donors (Lipinski definition) is 0. The summed E-state index contributed by atoms with van der Waals surface area (Å²) in [6.07, 6.45) is 1.000. The third-order valence-corrected chi connectivity index (χ3v) is 6.79. The lowest BCUT2D eigenvalue weighted by atomic mass is 10.1. The molecular formula is C24H25ClN4OS. The maximum absolute atomic E-state index is 13.4. The minimum absolute atomic E-state index is 0.0222. The Hall–Kier alpha value is -2.57. The van der Waals surface area contributed by atoms with E-state index in [-0.39, 0.29) is 11.9 Å². The van der Waals surface area contributed by atoms with Crippen LogP contribution in [0.5, 0.6) is 0 Å². The molecule has 0 aliphatic carbocycles. The summed E-state index contributed by atoms with van der Waals surface area (Å²) in [5.74, 6) is 0.906. The first-order chi connectivity index (χ1) is 14.9. The molecule has 5 nitrogen and oxygen atoms in total. The van der Waals surface area contributed by atoms with Crippen LogP contribution in [-0.2, 0) is 11.2 Å². The number of aryl methyl sites for hydroxylation is 1. The van der Waals surface area contributed by atoms with Crippen LogP contribution in [0.1, 0.15) is 30.3 Å². The number of carbonyl (C=O) groups excluding carboxylic acids is 1. The van der Waals surface area contributed by atoms with Crippen LogP contribution in [-0.4, -0.2) is 32.7 Å². The molecule has 1 aliphatic heterocycles. The number of rotatable bonds is 5. The third kappa shape index (κ3) is 4.70. The van der Waals surface area contributed by atoms with E-state index < -0.39 is 0 Å². The maximum atomic E-state index is 13.4. The van der Waals surface area contributed by atoms with Gasteiger partial charge in [-0.25, -0.2) is 4.68 Å². The molecule has 31 heavy (non-hydrogen) atoms. The van der Waals surface area contributed by atoms with Gasteiger partial charge in [0.1, 0.15) is 0 Å². The van der Waals surface area contributed by atoms with Gasteiger partial charge in [-0.3, -0.25) is 14.7 Å². The standard InChI is InChI=1S/C24H25ClN4OS/c1-16-15-31-24(26-16)28(20-11-9-19(25)10-12-20)23(30)14-13-22-17(2)27-29(18(22)3)21-7-5-4-6-8-21/h4-12,16H,13-15H2,1-3H3/t16-/m1/s1. The van der Waals surface area contributed by atoms with Crippen LogP contribution in [0.25, 0.3) is 5.69 Å². The lowest BCUT2D eigenvalue weighted by Gasteiger charge is -2.22. The third-order valence-electron chi connectivity index (χ3n) is 5.34. The van der Waals surface area contributed by atoms with E-state index in [9.17, 15) is 4.79 Å². The monoisotopic (exact) mass is 452 g/mol. The number of halogens is 1. The Morgan fingerprint density at radius 3 is 2.52 bits per heavy atom. The topological polar surface area (TPSA) is 50.5 Å². The van der Waals surface area contributed by atoms with Gasteiger partial charge in [0, 0.05) is 22.9 Å². The second-order valence-corrected chi connectivity index (χ2v) is 9.10. The van der Waals surface area contributed by atoms with Gasteiger partial charge >= 0.3 is 0 Å². The predicted octanol–water partition coefficient (Wildman–Crippen LogP) is 5.60. The molecule has 0 radical (unpaired) electrons. The van der Waals surface area contributed by atoms with E-state index in [1.165, 1.54) is 0 Å². The van der Waals surface area contributed by atoms with Crippen LogP contribution in [0.4, 0.5) is 5.69 Å². The molecule has 1 amide bonds. The van der Waals surface area contributed by atoms with E-state index >= 15 is 0 Å². The molecule has 1 aliphatic rings. The van der Waals surface area contributed by atoms with E-state index in [1.54, 1.807) is 28.8 Å². The van der Waals surface area contributed by atoms with Crippen LogP contribution in [0.15, 0.2) is 59.6 Å². The molecule has 1 atom stereocenters. The van der Waals surface area contributed by atoms with E-state index in [2.05, 4.69) is 18.8 Å². The van der Waals surface area contributed by atoms with E-state index in [4.69, 9.17) is 16.7 Å². The number of amides is 1. The summed E-state index contributed by atoms with van der Waals surface area (Å²) in [6, 6.07) is 17.6. The van der Waals surface area contributed by atoms with Gasteiger partial charge in [0.2, 0.25) is 5.91 Å². The van der Waals surface area contributed by atoms with Gasteiger partial charge in [-0.2, -0.15) is 5.10 Å². The van der Waals surface area contributed by atoms with E-state index in [1.807, 2.05) is 54.1 Å². The Balaban J connectivity index is 1.57. The number of benzene rings is 2. The number of anilines is 1. The van der Waals surface area contributed by atoms with Crippen molar-refractivity contribution in [2.45, 2.75) is 39.7 Å². The van der Waals surface area contributed by atoms with Gasteiger partial charge in [0.25, 0.3) is 0 Å². The second-order valence-electron chi connectivity index (χ2n) is 7.67. The van der Waals surface area contributed by atoms with Gasteiger partial charge in [-0.05, 0) is 69.2 Å². The zero-order valence-corrected chi connectivity index (χ0v) is 19.5. The number of aromatic nitrogens is 2. The summed E-state index contributed by atoms with van der Waals surface area (Å²) in [5.41, 5.74) is 4.95. The van der Waals surface area contributed by atoms with Crippen molar-refractivity contribution in [3.05, 3.63) is 76.6 Å². The normalized spacial score (nSPS) is 15.7.